The highest BCUT2D eigenvalue weighted by molar-refractivity contribution is 5.93. The number of hydrogen-bond donors (Lipinski definition) is 2. The monoisotopic (exact) mass is 404 g/mol. The van der Waals surface area contributed by atoms with Gasteiger partial charge in [0.1, 0.15) is 11.5 Å². The fourth-order valence-electron chi connectivity index (χ4n) is 3.99. The van der Waals surface area contributed by atoms with Crippen molar-refractivity contribution in [2.45, 2.75) is 0 Å². The lowest BCUT2D eigenvalue weighted by atomic mass is 9.99. The third-order valence-corrected chi connectivity index (χ3v) is 5.57. The highest BCUT2D eigenvalue weighted by Crippen LogP contribution is 2.31. The molecular weight excluding hydrogens is 387 g/mol. The topological polar surface area (TPSA) is 57.4 Å². The molecular formula is C26H17FN4. The van der Waals surface area contributed by atoms with Crippen LogP contribution in [-0.2, 0) is 0 Å². The van der Waals surface area contributed by atoms with Crippen molar-refractivity contribution in [3.63, 3.8) is 0 Å². The lowest BCUT2D eigenvalue weighted by molar-refractivity contribution is 0.632. The smallest absolute Gasteiger partial charge is 0.157 e. The predicted octanol–water partition coefficient (Wildman–Crippen LogP) is 6.58. The Morgan fingerprint density at radius 2 is 1.45 bits per heavy atom. The fourth-order valence-corrected chi connectivity index (χ4v) is 3.99. The van der Waals surface area contributed by atoms with Crippen molar-refractivity contribution < 1.29 is 4.39 Å². The van der Waals surface area contributed by atoms with Crippen LogP contribution in [0.1, 0.15) is 0 Å². The van der Waals surface area contributed by atoms with E-state index >= 15 is 0 Å². The first-order valence-electron chi connectivity index (χ1n) is 10.0. The van der Waals surface area contributed by atoms with E-state index in [1.807, 2.05) is 84.9 Å². The summed E-state index contributed by atoms with van der Waals surface area (Å²) in [6.07, 6.45) is 0. The van der Waals surface area contributed by atoms with Crippen LogP contribution in [0.25, 0.3) is 55.7 Å². The Bertz CT molecular complexity index is 1550. The van der Waals surface area contributed by atoms with Gasteiger partial charge in [-0.3, -0.25) is 5.10 Å². The largest absolute Gasteiger partial charge is 0.337 e. The number of hydrogen-bond acceptors (Lipinski definition) is 2. The lowest BCUT2D eigenvalue weighted by Crippen LogP contribution is -1.86. The molecule has 0 saturated heterocycles. The summed E-state index contributed by atoms with van der Waals surface area (Å²) in [6, 6.07) is 28.8. The normalized spacial score (nSPS) is 11.4. The molecule has 0 spiro atoms. The van der Waals surface area contributed by atoms with Crippen molar-refractivity contribution in [1.29, 1.82) is 0 Å². The van der Waals surface area contributed by atoms with E-state index in [1.165, 1.54) is 0 Å². The van der Waals surface area contributed by atoms with Crippen LogP contribution >= 0.6 is 0 Å². The van der Waals surface area contributed by atoms with Crippen molar-refractivity contribution in [2.75, 3.05) is 0 Å². The molecule has 6 rings (SSSR count). The van der Waals surface area contributed by atoms with E-state index in [0.29, 0.717) is 5.56 Å². The average molecular weight is 404 g/mol. The van der Waals surface area contributed by atoms with Crippen molar-refractivity contribution in [1.82, 2.24) is 20.2 Å². The molecule has 148 valence electrons. The third-order valence-electron chi connectivity index (χ3n) is 5.57. The minimum absolute atomic E-state index is 0.238. The molecule has 0 aliphatic heterocycles. The number of aromatic amines is 2. The van der Waals surface area contributed by atoms with E-state index < -0.39 is 0 Å². The second kappa shape index (κ2) is 6.92. The molecule has 2 heterocycles. The van der Waals surface area contributed by atoms with Crippen LogP contribution in [0.15, 0.2) is 91.0 Å². The van der Waals surface area contributed by atoms with Crippen LogP contribution in [0.5, 0.6) is 0 Å². The number of aromatic nitrogens is 4. The summed E-state index contributed by atoms with van der Waals surface area (Å²) in [7, 11) is 0. The van der Waals surface area contributed by atoms with Crippen LogP contribution in [0.4, 0.5) is 4.39 Å². The molecule has 0 atom stereocenters. The van der Waals surface area contributed by atoms with Crippen LogP contribution in [0, 0.1) is 5.82 Å². The van der Waals surface area contributed by atoms with Crippen molar-refractivity contribution in [3.8, 4) is 33.8 Å². The summed E-state index contributed by atoms with van der Waals surface area (Å²) in [5.74, 6) is 0.490. The number of nitrogens with zero attached hydrogens (tertiary/aromatic N) is 2. The number of halogens is 1. The molecule has 0 aliphatic rings. The van der Waals surface area contributed by atoms with Crippen LogP contribution in [0.2, 0.25) is 0 Å². The zero-order valence-corrected chi connectivity index (χ0v) is 16.4. The third kappa shape index (κ3) is 2.99. The van der Waals surface area contributed by atoms with E-state index in [9.17, 15) is 4.39 Å². The molecule has 0 amide bonds. The Balaban J connectivity index is 1.40. The van der Waals surface area contributed by atoms with Gasteiger partial charge in [-0.15, -0.1) is 0 Å². The van der Waals surface area contributed by atoms with Gasteiger partial charge in [-0.05, 0) is 41.0 Å². The number of benzene rings is 4. The Labute approximate surface area is 177 Å². The van der Waals surface area contributed by atoms with Crippen LogP contribution in [-0.4, -0.2) is 20.2 Å². The van der Waals surface area contributed by atoms with Gasteiger partial charge in [-0.2, -0.15) is 5.10 Å². The molecule has 4 nitrogen and oxygen atoms in total. The standard InChI is InChI=1S/C26H17FN4/c27-21-14-17(10-12-19(21)16-6-2-1-3-7-16)18-11-13-23-24(15-18)29-26(28-23)25-20-8-4-5-9-22(20)30-31-25/h1-15H,(H,28,29)(H,30,31). The minimum Gasteiger partial charge on any atom is -0.337 e. The van der Waals surface area contributed by atoms with Crippen molar-refractivity contribution >= 4 is 21.9 Å². The maximum atomic E-state index is 14.8. The van der Waals surface area contributed by atoms with Gasteiger partial charge >= 0.3 is 0 Å². The number of fused-ring (bicyclic) bond motifs is 2. The van der Waals surface area contributed by atoms with Crippen molar-refractivity contribution in [2.24, 2.45) is 0 Å². The van der Waals surface area contributed by atoms with E-state index in [-0.39, 0.29) is 5.82 Å². The molecule has 2 aromatic heterocycles. The van der Waals surface area contributed by atoms with Gasteiger partial charge in [0.2, 0.25) is 0 Å². The molecule has 0 saturated carbocycles. The van der Waals surface area contributed by atoms with Gasteiger partial charge in [0.15, 0.2) is 5.82 Å². The van der Waals surface area contributed by atoms with Gasteiger partial charge in [-0.25, -0.2) is 9.37 Å². The predicted molar refractivity (Wildman–Crippen MR) is 122 cm³/mol. The minimum atomic E-state index is -0.238. The number of rotatable bonds is 3. The number of para-hydroxylation sites is 1. The maximum absolute atomic E-state index is 14.8. The lowest BCUT2D eigenvalue weighted by Gasteiger charge is -2.07. The van der Waals surface area contributed by atoms with Crippen molar-refractivity contribution in [3.05, 3.63) is 96.8 Å². The Morgan fingerprint density at radius 3 is 2.32 bits per heavy atom. The van der Waals surface area contributed by atoms with Gasteiger partial charge < -0.3 is 4.98 Å². The summed E-state index contributed by atoms with van der Waals surface area (Å²) in [6.45, 7) is 0. The van der Waals surface area contributed by atoms with Gasteiger partial charge in [0, 0.05) is 10.9 Å². The zero-order valence-electron chi connectivity index (χ0n) is 16.4. The van der Waals surface area contributed by atoms with E-state index in [0.717, 1.165) is 50.1 Å². The fraction of sp³-hybridized carbons (Fsp3) is 0. The first-order chi connectivity index (χ1) is 15.3. The molecule has 31 heavy (non-hydrogen) atoms. The maximum Gasteiger partial charge on any atom is 0.157 e. The summed E-state index contributed by atoms with van der Waals surface area (Å²) in [5.41, 5.74) is 6.70. The highest BCUT2D eigenvalue weighted by Gasteiger charge is 2.13. The number of nitrogens with one attached hydrogen (secondary N) is 2. The Hall–Kier alpha value is -4.25. The summed E-state index contributed by atoms with van der Waals surface area (Å²) >= 11 is 0. The molecule has 4 aromatic carbocycles. The van der Waals surface area contributed by atoms with E-state index in [1.54, 1.807) is 6.07 Å². The Kier molecular flexibility index (Phi) is 3.93. The summed E-state index contributed by atoms with van der Waals surface area (Å²) < 4.78 is 14.8. The van der Waals surface area contributed by atoms with Crippen LogP contribution in [0.3, 0.4) is 0 Å². The average Bonchev–Trinajstić information content (AvgIpc) is 3.43. The number of H-pyrrole nitrogens is 2. The summed E-state index contributed by atoms with van der Waals surface area (Å²) in [5, 5.41) is 8.43. The SMILES string of the molecule is Fc1cc(-c2ccc3nc(-c4[nH]nc5ccccc45)[nH]c3c2)ccc1-c1ccccc1. The van der Waals surface area contributed by atoms with E-state index in [4.69, 9.17) is 4.98 Å². The molecule has 0 fully saturated rings. The molecule has 6 aromatic rings. The summed E-state index contributed by atoms with van der Waals surface area (Å²) in [4.78, 5) is 8.09. The highest BCUT2D eigenvalue weighted by atomic mass is 19.1. The van der Waals surface area contributed by atoms with E-state index in [2.05, 4.69) is 15.2 Å². The quantitative estimate of drug-likeness (QED) is 0.350. The second-order valence-corrected chi connectivity index (χ2v) is 7.49. The van der Waals surface area contributed by atoms with Gasteiger partial charge in [0.05, 0.1) is 16.6 Å². The number of imidazole rings is 1. The molecule has 0 unspecified atom stereocenters. The molecule has 0 radical (unpaired) electrons. The molecule has 0 aliphatic carbocycles. The molecule has 0 bridgehead atoms. The molecule has 5 heteroatoms. The molecule has 2 N–H and O–H groups in total. The van der Waals surface area contributed by atoms with Crippen LogP contribution < -0.4 is 0 Å². The zero-order chi connectivity index (χ0) is 20.8. The second-order valence-electron chi connectivity index (χ2n) is 7.49. The first-order valence-corrected chi connectivity index (χ1v) is 10.0. The van der Waals surface area contributed by atoms with Gasteiger partial charge in [0.25, 0.3) is 0 Å². The Morgan fingerprint density at radius 1 is 0.677 bits per heavy atom. The van der Waals surface area contributed by atoms with Gasteiger partial charge in [-0.1, -0.05) is 66.7 Å². The first kappa shape index (κ1) is 17.6.